The molecule has 1 atom stereocenters. The van der Waals surface area contributed by atoms with Gasteiger partial charge in [-0.15, -0.1) is 0 Å². The number of hydrogen-bond donors (Lipinski definition) is 3. The highest BCUT2D eigenvalue weighted by molar-refractivity contribution is 5.98. The van der Waals surface area contributed by atoms with E-state index in [9.17, 15) is 24.3 Å². The second kappa shape index (κ2) is 6.62. The summed E-state index contributed by atoms with van der Waals surface area (Å²) in [6.07, 6.45) is -2.36. The Morgan fingerprint density at radius 1 is 1.00 bits per heavy atom. The van der Waals surface area contributed by atoms with Crippen LogP contribution in [-0.4, -0.2) is 44.8 Å². The largest absolute Gasteiger partial charge is 0.481 e. The zero-order chi connectivity index (χ0) is 16.0. The molecule has 0 fully saturated rings. The van der Waals surface area contributed by atoms with Crippen LogP contribution in [0.15, 0.2) is 30.3 Å². The predicted molar refractivity (Wildman–Crippen MR) is 66.3 cm³/mol. The first-order valence-electron chi connectivity index (χ1n) is 5.72. The molecule has 8 heteroatoms. The van der Waals surface area contributed by atoms with Gasteiger partial charge in [-0.1, -0.05) is 18.2 Å². The Balaban J connectivity index is 2.73. The lowest BCUT2D eigenvalue weighted by molar-refractivity contribution is -0.170. The van der Waals surface area contributed by atoms with E-state index in [0.717, 1.165) is 0 Å². The third kappa shape index (κ3) is 4.69. The lowest BCUT2D eigenvalue weighted by Gasteiger charge is -2.19. The van der Waals surface area contributed by atoms with Gasteiger partial charge in [0.2, 0.25) is 0 Å². The number of benzene rings is 1. The maximum Gasteiger partial charge on any atom is 0.345 e. The molecular weight excluding hydrogens is 284 g/mol. The molecule has 112 valence electrons. The summed E-state index contributed by atoms with van der Waals surface area (Å²) in [6, 6.07) is 7.43. The second-order valence-electron chi connectivity index (χ2n) is 4.21. The molecule has 1 unspecified atom stereocenters. The van der Waals surface area contributed by atoms with E-state index in [1.807, 2.05) is 0 Å². The van der Waals surface area contributed by atoms with Gasteiger partial charge in [0.1, 0.15) is 0 Å². The maximum atomic E-state index is 11.5. The van der Waals surface area contributed by atoms with Gasteiger partial charge < -0.3 is 20.1 Å². The van der Waals surface area contributed by atoms with E-state index < -0.39 is 42.3 Å². The number of carboxylic acids is 2. The molecule has 1 rings (SSSR count). The fourth-order valence-corrected chi connectivity index (χ4v) is 1.48. The van der Waals surface area contributed by atoms with Crippen molar-refractivity contribution in [2.24, 2.45) is 0 Å². The summed E-state index contributed by atoms with van der Waals surface area (Å²) in [5.41, 5.74) is -2.78. The number of carbonyl (C=O) groups excluding carboxylic acids is 2. The molecule has 0 amide bonds. The van der Waals surface area contributed by atoms with Crippen molar-refractivity contribution < 1.29 is 39.2 Å². The summed E-state index contributed by atoms with van der Waals surface area (Å²) in [6.45, 7) is 0. The van der Waals surface area contributed by atoms with E-state index in [0.29, 0.717) is 0 Å². The quantitative estimate of drug-likeness (QED) is 0.494. The first-order valence-corrected chi connectivity index (χ1v) is 5.72. The molecule has 0 radical (unpaired) electrons. The van der Waals surface area contributed by atoms with Crippen LogP contribution < -0.4 is 0 Å². The smallest absolute Gasteiger partial charge is 0.345 e. The van der Waals surface area contributed by atoms with Crippen molar-refractivity contribution in [3.63, 3.8) is 0 Å². The Bertz CT molecular complexity index is 565. The molecule has 0 saturated heterocycles. The summed E-state index contributed by atoms with van der Waals surface area (Å²) in [5.74, 6) is -5.87. The topological polar surface area (TPSA) is 138 Å². The van der Waals surface area contributed by atoms with Gasteiger partial charge in [-0.25, -0.2) is 9.59 Å². The molecule has 3 N–H and O–H groups in total. The Morgan fingerprint density at radius 2 is 1.57 bits per heavy atom. The van der Waals surface area contributed by atoms with E-state index in [-0.39, 0.29) is 5.56 Å². The molecule has 21 heavy (non-hydrogen) atoms. The van der Waals surface area contributed by atoms with Crippen LogP contribution in [0.3, 0.4) is 0 Å². The van der Waals surface area contributed by atoms with E-state index in [4.69, 9.17) is 10.2 Å². The van der Waals surface area contributed by atoms with Crippen molar-refractivity contribution in [1.29, 1.82) is 0 Å². The number of rotatable bonds is 6. The lowest BCUT2D eigenvalue weighted by Crippen LogP contribution is -2.43. The van der Waals surface area contributed by atoms with Crippen LogP contribution in [0.1, 0.15) is 23.2 Å². The van der Waals surface area contributed by atoms with Gasteiger partial charge in [0.05, 0.1) is 18.4 Å². The molecule has 0 bridgehead atoms. The van der Waals surface area contributed by atoms with Crippen molar-refractivity contribution in [3.8, 4) is 0 Å². The highest BCUT2D eigenvalue weighted by atomic mass is 16.6. The third-order valence-corrected chi connectivity index (χ3v) is 2.49. The number of aliphatic carboxylic acids is 2. The molecular formula is C13H12O8. The normalized spacial score (nSPS) is 13.0. The minimum absolute atomic E-state index is 0.0583. The summed E-state index contributed by atoms with van der Waals surface area (Å²) in [5, 5.41) is 26.9. The molecule has 0 saturated carbocycles. The van der Waals surface area contributed by atoms with Gasteiger partial charge in [0, 0.05) is 0 Å². The van der Waals surface area contributed by atoms with Crippen LogP contribution in [0.5, 0.6) is 0 Å². The average molecular weight is 296 g/mol. The summed E-state index contributed by atoms with van der Waals surface area (Å²) < 4.78 is 4.37. The summed E-state index contributed by atoms with van der Waals surface area (Å²) in [7, 11) is 0. The van der Waals surface area contributed by atoms with E-state index in [2.05, 4.69) is 4.74 Å². The SMILES string of the molecule is O=C(O)CC(O)(CC(=O)OC(=O)c1ccccc1)C(=O)O. The Labute approximate surface area is 118 Å². The summed E-state index contributed by atoms with van der Waals surface area (Å²) in [4.78, 5) is 44.4. The first-order chi connectivity index (χ1) is 9.74. The van der Waals surface area contributed by atoms with Gasteiger partial charge in [0.25, 0.3) is 0 Å². The van der Waals surface area contributed by atoms with Crippen LogP contribution in [0.25, 0.3) is 0 Å². The Morgan fingerprint density at radius 3 is 2.05 bits per heavy atom. The number of hydrogen-bond acceptors (Lipinski definition) is 6. The fraction of sp³-hybridized carbons (Fsp3) is 0.231. The van der Waals surface area contributed by atoms with E-state index in [1.165, 1.54) is 24.3 Å². The van der Waals surface area contributed by atoms with Crippen LogP contribution in [0, 0.1) is 0 Å². The van der Waals surface area contributed by atoms with Crippen molar-refractivity contribution in [2.75, 3.05) is 0 Å². The van der Waals surface area contributed by atoms with Crippen LogP contribution >= 0.6 is 0 Å². The van der Waals surface area contributed by atoms with Crippen LogP contribution in [0.2, 0.25) is 0 Å². The molecule has 1 aromatic carbocycles. The van der Waals surface area contributed by atoms with Gasteiger partial charge in [-0.2, -0.15) is 0 Å². The van der Waals surface area contributed by atoms with Gasteiger partial charge in [-0.05, 0) is 12.1 Å². The number of aliphatic hydroxyl groups is 1. The van der Waals surface area contributed by atoms with Gasteiger partial charge in [-0.3, -0.25) is 9.59 Å². The first kappa shape index (κ1) is 16.3. The fourth-order valence-electron chi connectivity index (χ4n) is 1.48. The van der Waals surface area contributed by atoms with Gasteiger partial charge >= 0.3 is 23.9 Å². The standard InChI is InChI=1S/C13H12O8/c14-9(15)6-13(20,12(18)19)7-10(16)21-11(17)8-4-2-1-3-5-8/h1-5,20H,6-7H2,(H,14,15)(H,18,19). The lowest BCUT2D eigenvalue weighted by atomic mass is 9.96. The molecule has 0 aromatic heterocycles. The minimum Gasteiger partial charge on any atom is -0.481 e. The predicted octanol–water partition coefficient (Wildman–Crippen LogP) is 0.0505. The summed E-state index contributed by atoms with van der Waals surface area (Å²) >= 11 is 0. The van der Waals surface area contributed by atoms with E-state index >= 15 is 0 Å². The van der Waals surface area contributed by atoms with Crippen LogP contribution in [0.4, 0.5) is 0 Å². The minimum atomic E-state index is -2.83. The molecule has 0 aliphatic rings. The van der Waals surface area contributed by atoms with Crippen LogP contribution in [-0.2, 0) is 19.1 Å². The molecule has 0 aliphatic heterocycles. The van der Waals surface area contributed by atoms with Gasteiger partial charge in [0.15, 0.2) is 5.60 Å². The Hall–Kier alpha value is -2.74. The zero-order valence-electron chi connectivity index (χ0n) is 10.7. The molecule has 0 heterocycles. The second-order valence-corrected chi connectivity index (χ2v) is 4.21. The van der Waals surface area contributed by atoms with E-state index in [1.54, 1.807) is 6.07 Å². The van der Waals surface area contributed by atoms with Crippen molar-refractivity contribution in [2.45, 2.75) is 18.4 Å². The maximum absolute atomic E-state index is 11.5. The highest BCUT2D eigenvalue weighted by Crippen LogP contribution is 2.17. The number of carbonyl (C=O) groups is 4. The molecule has 0 spiro atoms. The molecule has 8 nitrogen and oxygen atoms in total. The van der Waals surface area contributed by atoms with Crippen molar-refractivity contribution in [3.05, 3.63) is 35.9 Å². The zero-order valence-corrected chi connectivity index (χ0v) is 10.7. The number of carboxylic acid groups (broad SMARTS) is 2. The average Bonchev–Trinajstić information content (AvgIpc) is 2.38. The molecule has 0 aliphatic carbocycles. The van der Waals surface area contributed by atoms with Crippen molar-refractivity contribution in [1.82, 2.24) is 0 Å². The number of ether oxygens (including phenoxy) is 1. The number of esters is 2. The molecule has 1 aromatic rings. The Kier molecular flexibility index (Phi) is 5.14. The highest BCUT2D eigenvalue weighted by Gasteiger charge is 2.41. The monoisotopic (exact) mass is 296 g/mol. The van der Waals surface area contributed by atoms with Crippen molar-refractivity contribution >= 4 is 23.9 Å². The third-order valence-electron chi connectivity index (χ3n) is 2.49.